The summed E-state index contributed by atoms with van der Waals surface area (Å²) in [6.07, 6.45) is 0. The van der Waals surface area contributed by atoms with E-state index in [9.17, 15) is 0 Å². The van der Waals surface area contributed by atoms with Gasteiger partial charge in [-0.2, -0.15) is 0 Å². The number of hydrogen-bond acceptors (Lipinski definition) is 2. The van der Waals surface area contributed by atoms with Crippen molar-refractivity contribution >= 4 is 11.4 Å². The zero-order valence-electron chi connectivity index (χ0n) is 9.41. The Bertz CT molecular complexity index is 362. The number of para-hydroxylation sites is 2. The molecule has 3 heteroatoms. The first-order valence-corrected chi connectivity index (χ1v) is 5.37. The Balaban J connectivity index is 0.00000144. The average molecular weight is 312 g/mol. The van der Waals surface area contributed by atoms with Crippen LogP contribution < -0.4 is 10.6 Å². The van der Waals surface area contributed by atoms with Gasteiger partial charge < -0.3 is 10.6 Å². The van der Waals surface area contributed by atoms with Crippen LogP contribution in [0.5, 0.6) is 0 Å². The minimum Gasteiger partial charge on any atom is -0.534 e. The van der Waals surface area contributed by atoms with Crippen LogP contribution in [0.25, 0.3) is 0 Å². The topological polar surface area (TPSA) is 24.1 Å². The van der Waals surface area contributed by atoms with Gasteiger partial charge in [0, 0.05) is 11.4 Å². The van der Waals surface area contributed by atoms with E-state index in [1.807, 2.05) is 55.1 Å². The summed E-state index contributed by atoms with van der Waals surface area (Å²) < 4.78 is 0. The Morgan fingerprint density at radius 2 is 1.29 bits per heavy atom. The quantitative estimate of drug-likeness (QED) is 0.502. The van der Waals surface area contributed by atoms with Crippen molar-refractivity contribution in [1.29, 1.82) is 0 Å². The second-order valence-electron chi connectivity index (χ2n) is 3.46. The van der Waals surface area contributed by atoms with Crippen molar-refractivity contribution in [3.05, 3.63) is 67.2 Å². The van der Waals surface area contributed by atoms with Crippen LogP contribution in [0.3, 0.4) is 0 Å². The Kier molecular flexibility index (Phi) is 6.35. The van der Waals surface area contributed by atoms with Crippen LogP contribution in [0.1, 0.15) is 0 Å². The number of anilines is 2. The van der Waals surface area contributed by atoms with Crippen molar-refractivity contribution in [2.75, 3.05) is 17.2 Å². The van der Waals surface area contributed by atoms with Crippen LogP contribution >= 0.6 is 0 Å². The van der Waals surface area contributed by atoms with Crippen LogP contribution in [0.15, 0.2) is 60.7 Å². The van der Waals surface area contributed by atoms with Gasteiger partial charge >= 0.3 is 19.5 Å². The third kappa shape index (κ3) is 5.01. The second kappa shape index (κ2) is 7.86. The van der Waals surface area contributed by atoms with Crippen LogP contribution in [0, 0.1) is 6.54 Å². The smallest absolute Gasteiger partial charge is 0.534 e. The zero-order chi connectivity index (χ0) is 11.1. The standard InChI is InChI=1S/C14H15N2.Ru/c1-3-7-13(8-4-1)15-11-12-16-14-9-5-2-6-10-14;/h1-11,15-16H,12H2;/q-1;+1. The van der Waals surface area contributed by atoms with Gasteiger partial charge in [0.2, 0.25) is 0 Å². The number of benzene rings is 2. The first kappa shape index (κ1) is 13.7. The molecule has 0 atom stereocenters. The summed E-state index contributed by atoms with van der Waals surface area (Å²) in [6.45, 7) is 2.79. The first-order chi connectivity index (χ1) is 7.95. The summed E-state index contributed by atoms with van der Waals surface area (Å²) in [7, 11) is 0. The summed E-state index contributed by atoms with van der Waals surface area (Å²) in [5.74, 6) is 0. The van der Waals surface area contributed by atoms with Gasteiger partial charge in [-0.1, -0.05) is 42.9 Å². The summed E-state index contributed by atoms with van der Waals surface area (Å²) in [5.41, 5.74) is 2.24. The molecule has 0 aliphatic carbocycles. The van der Waals surface area contributed by atoms with Gasteiger partial charge in [0.1, 0.15) is 0 Å². The molecule has 0 aromatic heterocycles. The first-order valence-electron chi connectivity index (χ1n) is 5.37. The van der Waals surface area contributed by atoms with Crippen molar-refractivity contribution < 1.29 is 19.5 Å². The molecule has 0 fully saturated rings. The van der Waals surface area contributed by atoms with Gasteiger partial charge in [-0.25, -0.2) is 6.54 Å². The van der Waals surface area contributed by atoms with E-state index in [-0.39, 0.29) is 19.5 Å². The van der Waals surface area contributed by atoms with E-state index in [1.165, 1.54) is 0 Å². The van der Waals surface area contributed by atoms with Gasteiger partial charge in [0.05, 0.1) is 0 Å². The molecule has 2 nitrogen and oxygen atoms in total. The monoisotopic (exact) mass is 313 g/mol. The molecule has 0 unspecified atom stereocenters. The van der Waals surface area contributed by atoms with E-state index in [1.54, 1.807) is 0 Å². The van der Waals surface area contributed by atoms with E-state index >= 15 is 0 Å². The average Bonchev–Trinajstić information content (AvgIpc) is 2.37. The molecule has 0 saturated heterocycles. The molecule has 0 spiro atoms. The minimum atomic E-state index is 0. The molecule has 2 aromatic rings. The predicted molar refractivity (Wildman–Crippen MR) is 69.3 cm³/mol. The summed E-state index contributed by atoms with van der Waals surface area (Å²) >= 11 is 0. The molecule has 0 heterocycles. The molecule has 2 aromatic carbocycles. The molecule has 17 heavy (non-hydrogen) atoms. The summed E-state index contributed by atoms with van der Waals surface area (Å²) in [6, 6.07) is 20.3. The Hall–Kier alpha value is -1.34. The van der Waals surface area contributed by atoms with E-state index in [0.717, 1.165) is 17.9 Å². The van der Waals surface area contributed by atoms with Crippen LogP contribution in [-0.2, 0) is 19.5 Å². The summed E-state index contributed by atoms with van der Waals surface area (Å²) in [5, 5.41) is 6.52. The summed E-state index contributed by atoms with van der Waals surface area (Å²) in [4.78, 5) is 0. The van der Waals surface area contributed by atoms with E-state index in [0.29, 0.717) is 0 Å². The third-order valence-electron chi connectivity index (χ3n) is 2.22. The molecule has 89 valence electrons. The van der Waals surface area contributed by atoms with Crippen molar-refractivity contribution in [1.82, 2.24) is 0 Å². The largest absolute Gasteiger partial charge is 1.00 e. The van der Waals surface area contributed by atoms with E-state index in [2.05, 4.69) is 22.8 Å². The van der Waals surface area contributed by atoms with Crippen molar-refractivity contribution in [3.63, 3.8) is 0 Å². The molecule has 0 saturated carbocycles. The third-order valence-corrected chi connectivity index (χ3v) is 2.22. The molecular weight excluding hydrogens is 297 g/mol. The molecule has 1 radical (unpaired) electrons. The Morgan fingerprint density at radius 3 is 1.88 bits per heavy atom. The SMILES string of the molecule is [Ru+].c1ccc(N[CH-]CNc2ccccc2)cc1. The van der Waals surface area contributed by atoms with Gasteiger partial charge in [-0.15, -0.1) is 0 Å². The molecule has 0 bridgehead atoms. The van der Waals surface area contributed by atoms with Gasteiger partial charge in [-0.3, -0.25) is 0 Å². The number of hydrogen-bond donors (Lipinski definition) is 2. The fourth-order valence-corrected chi connectivity index (χ4v) is 1.43. The van der Waals surface area contributed by atoms with Gasteiger partial charge in [0.25, 0.3) is 0 Å². The molecule has 2 N–H and O–H groups in total. The Morgan fingerprint density at radius 1 is 0.765 bits per heavy atom. The van der Waals surface area contributed by atoms with Crippen molar-refractivity contribution in [3.8, 4) is 0 Å². The fourth-order valence-electron chi connectivity index (χ4n) is 1.43. The van der Waals surface area contributed by atoms with Crippen LogP contribution in [0.4, 0.5) is 11.4 Å². The molecule has 0 amide bonds. The number of nitrogens with one attached hydrogen (secondary N) is 2. The molecule has 0 aliphatic heterocycles. The Labute approximate surface area is 115 Å². The van der Waals surface area contributed by atoms with Crippen LogP contribution in [0.2, 0.25) is 0 Å². The van der Waals surface area contributed by atoms with Gasteiger partial charge in [0.15, 0.2) is 0 Å². The van der Waals surface area contributed by atoms with Crippen LogP contribution in [-0.4, -0.2) is 6.54 Å². The second-order valence-corrected chi connectivity index (χ2v) is 3.46. The molecule has 0 aliphatic rings. The fraction of sp³-hybridized carbons (Fsp3) is 0.0714. The zero-order valence-corrected chi connectivity index (χ0v) is 11.1. The minimum absolute atomic E-state index is 0. The normalized spacial score (nSPS) is 9.18. The number of rotatable bonds is 5. The molecular formula is C14H15N2Ru. The molecule has 2 rings (SSSR count). The van der Waals surface area contributed by atoms with E-state index in [4.69, 9.17) is 0 Å². The van der Waals surface area contributed by atoms with E-state index < -0.39 is 0 Å². The maximum Gasteiger partial charge on any atom is 1.00 e. The van der Waals surface area contributed by atoms with Crippen molar-refractivity contribution in [2.24, 2.45) is 0 Å². The van der Waals surface area contributed by atoms with Crippen molar-refractivity contribution in [2.45, 2.75) is 0 Å². The van der Waals surface area contributed by atoms with Gasteiger partial charge in [-0.05, 0) is 24.3 Å². The maximum absolute atomic E-state index is 3.30. The maximum atomic E-state index is 3.30. The predicted octanol–water partition coefficient (Wildman–Crippen LogP) is 3.37.